The van der Waals surface area contributed by atoms with E-state index in [0.717, 1.165) is 22.3 Å². The van der Waals surface area contributed by atoms with E-state index in [4.69, 9.17) is 0 Å². The SMILES string of the molecule is CCCCCCNC(=O)CSc1cccc(Br)c1. The summed E-state index contributed by atoms with van der Waals surface area (Å²) in [5.74, 6) is 0.612. The minimum Gasteiger partial charge on any atom is -0.355 e. The average Bonchev–Trinajstić information content (AvgIpc) is 2.36. The van der Waals surface area contributed by atoms with Crippen molar-refractivity contribution in [2.24, 2.45) is 0 Å². The second-order valence-electron chi connectivity index (χ2n) is 4.16. The lowest BCUT2D eigenvalue weighted by atomic mass is 10.2. The minimum absolute atomic E-state index is 0.122. The van der Waals surface area contributed by atoms with Crippen LogP contribution >= 0.6 is 27.7 Å². The van der Waals surface area contributed by atoms with Gasteiger partial charge < -0.3 is 5.32 Å². The number of halogens is 1. The molecule has 1 aromatic carbocycles. The summed E-state index contributed by atoms with van der Waals surface area (Å²) in [6, 6.07) is 8.01. The largest absolute Gasteiger partial charge is 0.355 e. The molecule has 2 nitrogen and oxygen atoms in total. The first-order valence-corrected chi connectivity index (χ1v) is 8.15. The molecule has 0 heterocycles. The summed E-state index contributed by atoms with van der Waals surface area (Å²) in [5, 5.41) is 2.95. The Bertz CT molecular complexity index is 371. The number of rotatable bonds is 8. The van der Waals surface area contributed by atoms with Gasteiger partial charge in [-0.2, -0.15) is 0 Å². The smallest absolute Gasteiger partial charge is 0.230 e. The molecule has 0 fully saturated rings. The van der Waals surface area contributed by atoms with Gasteiger partial charge in [0.15, 0.2) is 0 Å². The van der Waals surface area contributed by atoms with Crippen molar-refractivity contribution in [1.29, 1.82) is 0 Å². The third kappa shape index (κ3) is 7.07. The molecule has 0 radical (unpaired) electrons. The second kappa shape index (κ2) is 9.45. The Hall–Kier alpha value is -0.480. The van der Waals surface area contributed by atoms with Crippen LogP contribution in [0.15, 0.2) is 33.6 Å². The highest BCUT2D eigenvalue weighted by molar-refractivity contribution is 9.10. The van der Waals surface area contributed by atoms with Crippen molar-refractivity contribution < 1.29 is 4.79 Å². The van der Waals surface area contributed by atoms with Crippen LogP contribution in [0.1, 0.15) is 32.6 Å². The molecular formula is C14H20BrNOS. The highest BCUT2D eigenvalue weighted by atomic mass is 79.9. The topological polar surface area (TPSA) is 29.1 Å². The van der Waals surface area contributed by atoms with E-state index in [1.807, 2.05) is 24.3 Å². The molecule has 100 valence electrons. The van der Waals surface area contributed by atoms with E-state index in [1.165, 1.54) is 19.3 Å². The van der Waals surface area contributed by atoms with Gasteiger partial charge in [-0.3, -0.25) is 4.79 Å². The molecule has 1 N–H and O–H groups in total. The molecule has 0 aromatic heterocycles. The van der Waals surface area contributed by atoms with Crippen molar-refractivity contribution in [1.82, 2.24) is 5.32 Å². The number of unbranched alkanes of at least 4 members (excludes halogenated alkanes) is 3. The lowest BCUT2D eigenvalue weighted by Gasteiger charge is -2.05. The third-order valence-corrected chi connectivity index (χ3v) is 4.01. The molecule has 0 spiro atoms. The summed E-state index contributed by atoms with van der Waals surface area (Å²) in [4.78, 5) is 12.7. The predicted molar refractivity (Wildman–Crippen MR) is 82.0 cm³/mol. The quantitative estimate of drug-likeness (QED) is 0.571. The van der Waals surface area contributed by atoms with E-state index in [2.05, 4.69) is 28.2 Å². The normalized spacial score (nSPS) is 10.3. The molecule has 0 aliphatic heterocycles. The number of amides is 1. The first-order valence-electron chi connectivity index (χ1n) is 6.37. The molecule has 0 atom stereocenters. The van der Waals surface area contributed by atoms with Crippen LogP contribution in [0, 0.1) is 0 Å². The Morgan fingerprint density at radius 1 is 1.33 bits per heavy atom. The lowest BCUT2D eigenvalue weighted by Crippen LogP contribution is -2.26. The molecular weight excluding hydrogens is 310 g/mol. The van der Waals surface area contributed by atoms with Crippen LogP contribution < -0.4 is 5.32 Å². The van der Waals surface area contributed by atoms with Gasteiger partial charge in [0.2, 0.25) is 5.91 Å². The van der Waals surface area contributed by atoms with Gasteiger partial charge in [-0.15, -0.1) is 11.8 Å². The molecule has 0 saturated carbocycles. The Kier molecular flexibility index (Phi) is 8.18. The summed E-state index contributed by atoms with van der Waals surface area (Å²) in [6.45, 7) is 2.99. The highest BCUT2D eigenvalue weighted by Gasteiger charge is 2.02. The molecule has 1 rings (SSSR count). The Morgan fingerprint density at radius 2 is 2.17 bits per heavy atom. The Morgan fingerprint density at radius 3 is 2.89 bits per heavy atom. The number of hydrogen-bond acceptors (Lipinski definition) is 2. The fourth-order valence-corrected chi connectivity index (χ4v) is 2.87. The summed E-state index contributed by atoms with van der Waals surface area (Å²) >= 11 is 4.99. The molecule has 0 aliphatic carbocycles. The molecule has 18 heavy (non-hydrogen) atoms. The van der Waals surface area contributed by atoms with Gasteiger partial charge in [0.25, 0.3) is 0 Å². The predicted octanol–water partition coefficient (Wildman–Crippen LogP) is 4.24. The molecule has 0 aliphatic rings. The number of thioether (sulfide) groups is 1. The standard InChI is InChI=1S/C14H20BrNOS/c1-2-3-4-5-9-16-14(17)11-18-13-8-6-7-12(15)10-13/h6-8,10H,2-5,9,11H2,1H3,(H,16,17). The van der Waals surface area contributed by atoms with Gasteiger partial charge in [0.05, 0.1) is 5.75 Å². The maximum atomic E-state index is 11.6. The maximum absolute atomic E-state index is 11.6. The summed E-state index contributed by atoms with van der Waals surface area (Å²) in [7, 11) is 0. The summed E-state index contributed by atoms with van der Waals surface area (Å²) in [5.41, 5.74) is 0. The van der Waals surface area contributed by atoms with Crippen LogP contribution in [0.3, 0.4) is 0 Å². The fourth-order valence-electron chi connectivity index (χ4n) is 1.54. The van der Waals surface area contributed by atoms with Crippen molar-refractivity contribution in [3.63, 3.8) is 0 Å². The van der Waals surface area contributed by atoms with Crippen molar-refractivity contribution in [3.8, 4) is 0 Å². The van der Waals surface area contributed by atoms with Crippen LogP contribution in [0.5, 0.6) is 0 Å². The molecule has 0 saturated heterocycles. The third-order valence-electron chi connectivity index (χ3n) is 2.52. The van der Waals surface area contributed by atoms with E-state index in [0.29, 0.717) is 5.75 Å². The minimum atomic E-state index is 0.122. The maximum Gasteiger partial charge on any atom is 0.230 e. The van der Waals surface area contributed by atoms with Crippen LogP contribution in [0.2, 0.25) is 0 Å². The van der Waals surface area contributed by atoms with Crippen LogP contribution in [0.4, 0.5) is 0 Å². The van der Waals surface area contributed by atoms with Gasteiger partial charge >= 0.3 is 0 Å². The average molecular weight is 330 g/mol. The number of carbonyl (C=O) groups is 1. The molecule has 0 bridgehead atoms. The van der Waals surface area contributed by atoms with Gasteiger partial charge in [-0.05, 0) is 24.6 Å². The van der Waals surface area contributed by atoms with Crippen molar-refractivity contribution >= 4 is 33.6 Å². The molecule has 0 unspecified atom stereocenters. The number of nitrogens with one attached hydrogen (secondary N) is 1. The molecule has 4 heteroatoms. The summed E-state index contributed by atoms with van der Waals surface area (Å²) < 4.78 is 1.05. The van der Waals surface area contributed by atoms with Crippen molar-refractivity contribution in [2.45, 2.75) is 37.5 Å². The number of hydrogen-bond donors (Lipinski definition) is 1. The molecule has 1 amide bonds. The van der Waals surface area contributed by atoms with E-state index in [-0.39, 0.29) is 5.91 Å². The first kappa shape index (κ1) is 15.6. The van der Waals surface area contributed by atoms with Crippen LogP contribution in [-0.4, -0.2) is 18.2 Å². The fraction of sp³-hybridized carbons (Fsp3) is 0.500. The zero-order valence-corrected chi connectivity index (χ0v) is 13.1. The van der Waals surface area contributed by atoms with Crippen LogP contribution in [-0.2, 0) is 4.79 Å². The highest BCUT2D eigenvalue weighted by Crippen LogP contribution is 2.21. The Balaban J connectivity index is 2.13. The van der Waals surface area contributed by atoms with E-state index < -0.39 is 0 Å². The van der Waals surface area contributed by atoms with E-state index in [1.54, 1.807) is 11.8 Å². The number of carbonyl (C=O) groups excluding carboxylic acids is 1. The van der Waals surface area contributed by atoms with Crippen molar-refractivity contribution in [3.05, 3.63) is 28.7 Å². The van der Waals surface area contributed by atoms with E-state index in [9.17, 15) is 4.79 Å². The Labute approximate surface area is 122 Å². The van der Waals surface area contributed by atoms with Gasteiger partial charge in [0, 0.05) is 15.9 Å². The summed E-state index contributed by atoms with van der Waals surface area (Å²) in [6.07, 6.45) is 4.77. The second-order valence-corrected chi connectivity index (χ2v) is 6.12. The van der Waals surface area contributed by atoms with Gasteiger partial charge in [0.1, 0.15) is 0 Å². The van der Waals surface area contributed by atoms with Gasteiger partial charge in [-0.1, -0.05) is 48.2 Å². The van der Waals surface area contributed by atoms with E-state index >= 15 is 0 Å². The van der Waals surface area contributed by atoms with Crippen LogP contribution in [0.25, 0.3) is 0 Å². The number of benzene rings is 1. The first-order chi connectivity index (χ1) is 8.72. The monoisotopic (exact) mass is 329 g/mol. The molecule has 1 aromatic rings. The van der Waals surface area contributed by atoms with Crippen molar-refractivity contribution in [2.75, 3.05) is 12.3 Å². The van der Waals surface area contributed by atoms with Gasteiger partial charge in [-0.25, -0.2) is 0 Å². The zero-order chi connectivity index (χ0) is 13.2. The lowest BCUT2D eigenvalue weighted by molar-refractivity contribution is -0.118. The zero-order valence-electron chi connectivity index (χ0n) is 10.7.